The molecule has 3 aliphatic rings. The molecule has 0 spiro atoms. The van der Waals surface area contributed by atoms with Gasteiger partial charge in [0.1, 0.15) is 11.5 Å². The van der Waals surface area contributed by atoms with Crippen molar-refractivity contribution in [1.82, 2.24) is 24.9 Å². The zero-order chi connectivity index (χ0) is 35.6. The van der Waals surface area contributed by atoms with E-state index in [1.165, 1.54) is 17.2 Å². The van der Waals surface area contributed by atoms with Crippen molar-refractivity contribution in [2.45, 2.75) is 64.1 Å². The fraction of sp³-hybridized carbons (Fsp3) is 0.486. The minimum Gasteiger partial charge on any atom is -0.478 e. The van der Waals surface area contributed by atoms with E-state index in [9.17, 15) is 32.7 Å². The average molecular weight is 699 g/mol. The number of hydrogen-bond donors (Lipinski definition) is 2. The Morgan fingerprint density at radius 3 is 2.36 bits per heavy atom. The number of carbonyl (C=O) groups excluding carboxylic acids is 2. The lowest BCUT2D eigenvalue weighted by Gasteiger charge is -2.38. The molecule has 2 N–H and O–H groups in total. The van der Waals surface area contributed by atoms with E-state index in [1.807, 2.05) is 18.2 Å². The molecule has 0 bridgehead atoms. The molecule has 50 heavy (non-hydrogen) atoms. The first-order valence-electron chi connectivity index (χ1n) is 16.8. The van der Waals surface area contributed by atoms with Crippen LogP contribution in [-0.4, -0.2) is 105 Å². The van der Waals surface area contributed by atoms with Crippen molar-refractivity contribution >= 4 is 23.6 Å². The fourth-order valence-electron chi connectivity index (χ4n) is 6.66. The second-order valence-electron chi connectivity index (χ2n) is 13.5. The monoisotopic (exact) mass is 698 g/mol. The summed E-state index contributed by atoms with van der Waals surface area (Å²) in [5.41, 5.74) is 1.01. The average Bonchev–Trinajstić information content (AvgIpc) is 3.78. The van der Waals surface area contributed by atoms with E-state index < -0.39 is 18.1 Å². The van der Waals surface area contributed by atoms with Gasteiger partial charge in [-0.15, -0.1) is 13.2 Å². The standard InChI is InChI=1S/C35H41F3N6O6/c1-34(2,32(46)41-13-15-42(16-14-41)33(47)48)49-29-7-3-6-28(18-29)43-12-4-5-25(21-43)31(45)44(27-10-11-27)22-24-9-8-23(26-19-39-40-20-26)17-30(24)50-35(36,37)38/h3,6-9,17-20,25,27H,4-5,10-16,21-22H2,1-2H3,(H,39,40)(H,47,48)/t25-/m1/s1. The van der Waals surface area contributed by atoms with E-state index in [0.717, 1.165) is 24.9 Å². The van der Waals surface area contributed by atoms with Crippen molar-refractivity contribution in [1.29, 1.82) is 0 Å². The predicted octanol–water partition coefficient (Wildman–Crippen LogP) is 5.36. The van der Waals surface area contributed by atoms with Gasteiger partial charge in [-0.3, -0.25) is 14.7 Å². The molecule has 3 aromatic rings. The number of piperidine rings is 1. The molecule has 1 aromatic heterocycles. The predicted molar refractivity (Wildman–Crippen MR) is 177 cm³/mol. The highest BCUT2D eigenvalue weighted by Crippen LogP contribution is 2.37. The third-order valence-corrected chi connectivity index (χ3v) is 9.41. The molecule has 6 rings (SSSR count). The normalized spacial score (nSPS) is 18.5. The summed E-state index contributed by atoms with van der Waals surface area (Å²) in [6.07, 6.45) is 0.147. The topological polar surface area (TPSA) is 132 Å². The van der Waals surface area contributed by atoms with Crippen LogP contribution in [0.15, 0.2) is 54.9 Å². The summed E-state index contributed by atoms with van der Waals surface area (Å²) in [4.78, 5) is 45.4. The minimum atomic E-state index is -4.90. The van der Waals surface area contributed by atoms with Crippen molar-refractivity contribution in [3.63, 3.8) is 0 Å². The molecule has 0 unspecified atom stereocenters. The number of ether oxygens (including phenoxy) is 2. The number of halogens is 3. The first-order chi connectivity index (χ1) is 23.8. The molecule has 0 radical (unpaired) electrons. The first-order valence-corrected chi connectivity index (χ1v) is 16.8. The number of H-pyrrole nitrogens is 1. The van der Waals surface area contributed by atoms with Gasteiger partial charge in [0, 0.05) is 80.9 Å². The lowest BCUT2D eigenvalue weighted by atomic mass is 9.95. The van der Waals surface area contributed by atoms with Gasteiger partial charge in [0.05, 0.1) is 12.1 Å². The summed E-state index contributed by atoms with van der Waals surface area (Å²) in [6, 6.07) is 11.9. The number of carbonyl (C=O) groups is 3. The van der Waals surface area contributed by atoms with Crippen LogP contribution in [0, 0.1) is 5.92 Å². The largest absolute Gasteiger partial charge is 0.573 e. The molecule has 1 atom stereocenters. The number of anilines is 1. The van der Waals surface area contributed by atoms with Crippen LogP contribution in [0.3, 0.4) is 0 Å². The van der Waals surface area contributed by atoms with E-state index in [1.54, 1.807) is 48.0 Å². The van der Waals surface area contributed by atoms with Crippen LogP contribution < -0.4 is 14.4 Å². The zero-order valence-corrected chi connectivity index (χ0v) is 28.0. The highest BCUT2D eigenvalue weighted by atomic mass is 19.4. The molecule has 2 saturated heterocycles. The number of nitrogens with zero attached hydrogens (tertiary/aromatic N) is 5. The van der Waals surface area contributed by atoms with Crippen LogP contribution in [0.4, 0.5) is 23.7 Å². The van der Waals surface area contributed by atoms with Crippen LogP contribution in [0.5, 0.6) is 11.5 Å². The molecule has 3 amide bonds. The molecule has 1 aliphatic carbocycles. The van der Waals surface area contributed by atoms with Crippen molar-refractivity contribution in [3.05, 3.63) is 60.4 Å². The third kappa shape index (κ3) is 8.25. The maximum absolute atomic E-state index is 14.1. The van der Waals surface area contributed by atoms with Crippen LogP contribution in [-0.2, 0) is 16.1 Å². The number of benzene rings is 2. The minimum absolute atomic E-state index is 0.00509. The Morgan fingerprint density at radius 2 is 1.70 bits per heavy atom. The molecular weight excluding hydrogens is 657 g/mol. The number of piperazine rings is 1. The Balaban J connectivity index is 1.13. The van der Waals surface area contributed by atoms with Crippen LogP contribution in [0.2, 0.25) is 0 Å². The molecular formula is C35H41F3N6O6. The first kappa shape index (κ1) is 34.9. The second kappa shape index (κ2) is 14.1. The summed E-state index contributed by atoms with van der Waals surface area (Å²) < 4.78 is 51.0. The Kier molecular flexibility index (Phi) is 9.85. The molecule has 3 heterocycles. The molecule has 12 nitrogen and oxygen atoms in total. The van der Waals surface area contributed by atoms with Gasteiger partial charge in [-0.05, 0) is 63.3 Å². The third-order valence-electron chi connectivity index (χ3n) is 9.41. The Hall–Kier alpha value is -4.95. The van der Waals surface area contributed by atoms with E-state index in [4.69, 9.17) is 4.74 Å². The number of aromatic amines is 1. The summed E-state index contributed by atoms with van der Waals surface area (Å²) in [5.74, 6) is -0.573. The Morgan fingerprint density at radius 1 is 0.960 bits per heavy atom. The van der Waals surface area contributed by atoms with E-state index >= 15 is 0 Å². The van der Waals surface area contributed by atoms with E-state index in [0.29, 0.717) is 36.4 Å². The van der Waals surface area contributed by atoms with Crippen molar-refractivity contribution in [2.24, 2.45) is 5.92 Å². The molecule has 268 valence electrons. The number of nitrogens with one attached hydrogen (secondary N) is 1. The lowest BCUT2D eigenvalue weighted by molar-refractivity contribution is -0.275. The van der Waals surface area contributed by atoms with Gasteiger partial charge in [-0.25, -0.2) is 4.79 Å². The molecule has 1 saturated carbocycles. The quantitative estimate of drug-likeness (QED) is 0.289. The van der Waals surface area contributed by atoms with E-state index in [-0.39, 0.29) is 67.8 Å². The fourth-order valence-corrected chi connectivity index (χ4v) is 6.66. The number of carboxylic acid groups (broad SMARTS) is 1. The van der Waals surface area contributed by atoms with Crippen molar-refractivity contribution < 1.29 is 42.1 Å². The number of aromatic nitrogens is 2. The van der Waals surface area contributed by atoms with Crippen LogP contribution in [0.25, 0.3) is 11.1 Å². The van der Waals surface area contributed by atoms with Gasteiger partial charge < -0.3 is 34.2 Å². The Labute approximate surface area is 287 Å². The number of rotatable bonds is 10. The Bertz CT molecular complexity index is 1690. The van der Waals surface area contributed by atoms with Gasteiger partial charge in [-0.2, -0.15) is 5.10 Å². The number of amides is 3. The highest BCUT2D eigenvalue weighted by molar-refractivity contribution is 5.85. The number of alkyl halides is 3. The summed E-state index contributed by atoms with van der Waals surface area (Å²) in [7, 11) is 0. The molecule has 2 aromatic carbocycles. The zero-order valence-electron chi connectivity index (χ0n) is 28.0. The van der Waals surface area contributed by atoms with Crippen LogP contribution >= 0.6 is 0 Å². The summed E-state index contributed by atoms with van der Waals surface area (Å²) >= 11 is 0. The van der Waals surface area contributed by atoms with Gasteiger partial charge in [-0.1, -0.05) is 18.2 Å². The second-order valence-corrected chi connectivity index (χ2v) is 13.5. The van der Waals surface area contributed by atoms with E-state index in [2.05, 4.69) is 19.8 Å². The van der Waals surface area contributed by atoms with Gasteiger partial charge in [0.2, 0.25) is 5.91 Å². The smallest absolute Gasteiger partial charge is 0.478 e. The van der Waals surface area contributed by atoms with Gasteiger partial charge in [0.15, 0.2) is 5.60 Å². The maximum Gasteiger partial charge on any atom is 0.573 e. The molecule has 2 aliphatic heterocycles. The SMILES string of the molecule is CC(C)(Oc1cccc(N2CCC[C@@H](C(=O)N(Cc3ccc(-c4cn[nH]c4)cc3OC(F)(F)F)C3CC3)C2)c1)C(=O)N1CCN(C(=O)O)CC1. The van der Waals surface area contributed by atoms with Crippen LogP contribution in [0.1, 0.15) is 45.1 Å². The van der Waals surface area contributed by atoms with Crippen molar-refractivity contribution in [3.8, 4) is 22.6 Å². The maximum atomic E-state index is 14.1. The highest BCUT2D eigenvalue weighted by Gasteiger charge is 2.40. The van der Waals surface area contributed by atoms with Gasteiger partial charge >= 0.3 is 12.5 Å². The summed E-state index contributed by atoms with van der Waals surface area (Å²) in [6.45, 7) is 5.53. The molecule has 15 heteroatoms. The lowest BCUT2D eigenvalue weighted by Crippen LogP contribution is -2.56. The van der Waals surface area contributed by atoms with Crippen molar-refractivity contribution in [2.75, 3.05) is 44.2 Å². The van der Waals surface area contributed by atoms with Gasteiger partial charge in [0.25, 0.3) is 5.91 Å². The molecule has 3 fully saturated rings. The summed E-state index contributed by atoms with van der Waals surface area (Å²) in [5, 5.41) is 15.8. The number of hydrogen-bond acceptors (Lipinski definition) is 7.